The van der Waals surface area contributed by atoms with Gasteiger partial charge < -0.3 is 4.90 Å². The van der Waals surface area contributed by atoms with Gasteiger partial charge in [0, 0.05) is 26.2 Å². The van der Waals surface area contributed by atoms with Gasteiger partial charge in [-0.15, -0.1) is 0 Å². The average molecular weight is 338 g/mol. The van der Waals surface area contributed by atoms with Crippen LogP contribution >= 0.6 is 0 Å². The molecular weight excluding hydrogens is 321 g/mol. The number of nitrogens with zero attached hydrogens (tertiary/aromatic N) is 2. The van der Waals surface area contributed by atoms with Crippen molar-refractivity contribution in [1.29, 1.82) is 0 Å². The molecule has 5 nitrogen and oxygen atoms in total. The Morgan fingerprint density at radius 3 is 2.05 bits per heavy atom. The molecule has 0 aliphatic rings. The molecule has 124 valence electrons. The molecule has 0 heterocycles. The van der Waals surface area contributed by atoms with Crippen LogP contribution in [0.4, 0.5) is 13.2 Å². The maximum atomic E-state index is 13.6. The molecule has 0 radical (unpaired) electrons. The average Bonchev–Trinajstić information content (AvgIpc) is 2.43. The first-order valence-corrected chi connectivity index (χ1v) is 7.97. The molecule has 1 aromatic rings. The fourth-order valence-corrected chi connectivity index (χ4v) is 3.00. The Balaban J connectivity index is 3.09. The van der Waals surface area contributed by atoms with Gasteiger partial charge in [0.25, 0.3) is 0 Å². The van der Waals surface area contributed by atoms with Gasteiger partial charge in [-0.05, 0) is 19.9 Å². The van der Waals surface area contributed by atoms with Crippen LogP contribution in [0, 0.1) is 17.5 Å². The van der Waals surface area contributed by atoms with E-state index in [-0.39, 0.29) is 12.1 Å². The molecule has 0 aromatic heterocycles. The third-order valence-electron chi connectivity index (χ3n) is 3.14. The lowest BCUT2D eigenvalue weighted by molar-refractivity contribution is -0.130. The third kappa shape index (κ3) is 3.77. The van der Waals surface area contributed by atoms with Crippen molar-refractivity contribution in [2.24, 2.45) is 0 Å². The first kappa shape index (κ1) is 18.4. The number of benzene rings is 1. The number of sulfonamides is 1. The number of amides is 1. The van der Waals surface area contributed by atoms with E-state index in [0.717, 1.165) is 7.05 Å². The van der Waals surface area contributed by atoms with Crippen molar-refractivity contribution in [2.45, 2.75) is 18.7 Å². The van der Waals surface area contributed by atoms with E-state index >= 15 is 0 Å². The van der Waals surface area contributed by atoms with Crippen molar-refractivity contribution in [3.63, 3.8) is 0 Å². The predicted molar refractivity (Wildman–Crippen MR) is 74.1 cm³/mol. The van der Waals surface area contributed by atoms with Gasteiger partial charge in [0.2, 0.25) is 15.9 Å². The van der Waals surface area contributed by atoms with Crippen molar-refractivity contribution < 1.29 is 26.4 Å². The van der Waals surface area contributed by atoms with Gasteiger partial charge >= 0.3 is 0 Å². The molecule has 0 bridgehead atoms. The van der Waals surface area contributed by atoms with Crippen molar-refractivity contribution in [2.75, 3.05) is 26.7 Å². The Morgan fingerprint density at radius 2 is 1.55 bits per heavy atom. The van der Waals surface area contributed by atoms with Gasteiger partial charge in [-0.25, -0.2) is 21.6 Å². The fraction of sp³-hybridized carbons (Fsp3) is 0.462. The Bertz CT molecular complexity index is 661. The minimum absolute atomic E-state index is 0.155. The highest BCUT2D eigenvalue weighted by Gasteiger charge is 2.28. The van der Waals surface area contributed by atoms with E-state index in [4.69, 9.17) is 0 Å². The largest absolute Gasteiger partial charge is 0.342 e. The summed E-state index contributed by atoms with van der Waals surface area (Å²) in [4.78, 5) is 12.3. The predicted octanol–water partition coefficient (Wildman–Crippen LogP) is 1.59. The molecular formula is C13H17F3N2O3S. The van der Waals surface area contributed by atoms with Gasteiger partial charge in [-0.3, -0.25) is 4.79 Å². The number of carbonyl (C=O) groups excluding carboxylic acids is 1. The minimum atomic E-state index is -4.45. The first-order valence-electron chi connectivity index (χ1n) is 6.53. The maximum Gasteiger partial charge on any atom is 0.246 e. The molecule has 0 saturated carbocycles. The van der Waals surface area contributed by atoms with E-state index in [1.807, 2.05) is 0 Å². The second-order valence-corrected chi connectivity index (χ2v) is 6.54. The van der Waals surface area contributed by atoms with Crippen LogP contribution in [-0.4, -0.2) is 50.2 Å². The lowest BCUT2D eigenvalue weighted by atomic mass is 10.3. The monoisotopic (exact) mass is 338 g/mol. The van der Waals surface area contributed by atoms with Gasteiger partial charge in [0.15, 0.2) is 11.6 Å². The van der Waals surface area contributed by atoms with Crippen molar-refractivity contribution in [3.8, 4) is 0 Å². The minimum Gasteiger partial charge on any atom is -0.342 e. The zero-order chi connectivity index (χ0) is 17.1. The summed E-state index contributed by atoms with van der Waals surface area (Å²) < 4.78 is 64.6. The molecule has 1 rings (SSSR count). The maximum absolute atomic E-state index is 13.6. The third-order valence-corrected chi connectivity index (χ3v) is 4.96. The number of carbonyl (C=O) groups is 1. The van der Waals surface area contributed by atoms with E-state index in [1.54, 1.807) is 13.8 Å². The molecule has 0 unspecified atom stereocenters. The Morgan fingerprint density at radius 1 is 1.05 bits per heavy atom. The van der Waals surface area contributed by atoms with Gasteiger partial charge in [0.1, 0.15) is 10.7 Å². The summed E-state index contributed by atoms with van der Waals surface area (Å²) in [5.74, 6) is -4.86. The molecule has 0 spiro atoms. The topological polar surface area (TPSA) is 57.7 Å². The molecule has 9 heteroatoms. The number of halogens is 3. The number of hydrogen-bond donors (Lipinski definition) is 0. The van der Waals surface area contributed by atoms with Crippen molar-refractivity contribution >= 4 is 15.9 Å². The highest BCUT2D eigenvalue weighted by molar-refractivity contribution is 7.89. The quantitative estimate of drug-likeness (QED) is 0.740. The summed E-state index contributed by atoms with van der Waals surface area (Å²) >= 11 is 0. The number of hydrogen-bond acceptors (Lipinski definition) is 3. The molecule has 0 fully saturated rings. The second kappa shape index (κ2) is 7.10. The zero-order valence-corrected chi connectivity index (χ0v) is 13.3. The summed E-state index contributed by atoms with van der Waals surface area (Å²) in [6, 6.07) is 0.417. The van der Waals surface area contributed by atoms with E-state index < -0.39 is 44.8 Å². The number of likely N-dealkylation sites (N-methyl/N-ethyl adjacent to an activating group) is 2. The van der Waals surface area contributed by atoms with Gasteiger partial charge in [-0.2, -0.15) is 4.31 Å². The van der Waals surface area contributed by atoms with Gasteiger partial charge in [-0.1, -0.05) is 0 Å². The normalized spacial score (nSPS) is 11.8. The Hall–Kier alpha value is -1.61. The van der Waals surface area contributed by atoms with Crippen LogP contribution in [0.3, 0.4) is 0 Å². The van der Waals surface area contributed by atoms with Crippen LogP contribution in [0.2, 0.25) is 0 Å². The van der Waals surface area contributed by atoms with Crippen molar-refractivity contribution in [1.82, 2.24) is 9.21 Å². The van der Waals surface area contributed by atoms with E-state index in [2.05, 4.69) is 0 Å². The molecule has 0 aliphatic carbocycles. The van der Waals surface area contributed by atoms with Gasteiger partial charge in [0.05, 0.1) is 6.54 Å². The Labute approximate surface area is 127 Å². The van der Waals surface area contributed by atoms with Crippen molar-refractivity contribution in [3.05, 3.63) is 29.6 Å². The highest BCUT2D eigenvalue weighted by Crippen LogP contribution is 2.21. The SMILES string of the molecule is CCN(CC)C(=O)CN(C)S(=O)(=O)c1cc(F)c(F)cc1F. The summed E-state index contributed by atoms with van der Waals surface area (Å²) in [7, 11) is -3.38. The molecule has 0 saturated heterocycles. The van der Waals surface area contributed by atoms with Crippen LogP contribution in [0.25, 0.3) is 0 Å². The summed E-state index contributed by atoms with van der Waals surface area (Å²) in [6.07, 6.45) is 0. The lowest BCUT2D eigenvalue weighted by Gasteiger charge is -2.23. The van der Waals surface area contributed by atoms with Crippen LogP contribution in [0.1, 0.15) is 13.8 Å². The summed E-state index contributed by atoms with van der Waals surface area (Å²) in [5.41, 5.74) is 0. The summed E-state index contributed by atoms with van der Waals surface area (Å²) in [5, 5.41) is 0. The van der Waals surface area contributed by atoms with E-state index in [0.29, 0.717) is 17.4 Å². The van der Waals surface area contributed by atoms with Crippen LogP contribution in [-0.2, 0) is 14.8 Å². The molecule has 0 atom stereocenters. The van der Waals surface area contributed by atoms with Crippen LogP contribution in [0.15, 0.2) is 17.0 Å². The standard InChI is InChI=1S/C13H17F3N2O3S/c1-4-18(5-2)13(19)8-17(3)22(20,21)12-7-10(15)9(14)6-11(12)16/h6-7H,4-5,8H2,1-3H3. The molecule has 1 amide bonds. The molecule has 1 aromatic carbocycles. The fourth-order valence-electron chi connectivity index (χ4n) is 1.82. The zero-order valence-electron chi connectivity index (χ0n) is 12.4. The highest BCUT2D eigenvalue weighted by atomic mass is 32.2. The van der Waals surface area contributed by atoms with Crippen LogP contribution < -0.4 is 0 Å². The summed E-state index contributed by atoms with van der Waals surface area (Å²) in [6.45, 7) is 3.71. The number of rotatable bonds is 6. The first-order chi connectivity index (χ1) is 10.1. The van der Waals surface area contributed by atoms with E-state index in [1.165, 1.54) is 4.90 Å². The van der Waals surface area contributed by atoms with Crippen LogP contribution in [0.5, 0.6) is 0 Å². The molecule has 0 aliphatic heterocycles. The molecule has 0 N–H and O–H groups in total. The molecule has 22 heavy (non-hydrogen) atoms. The smallest absolute Gasteiger partial charge is 0.246 e. The second-order valence-electron chi connectivity index (χ2n) is 4.52. The van der Waals surface area contributed by atoms with E-state index in [9.17, 15) is 26.4 Å². The lowest BCUT2D eigenvalue weighted by Crippen LogP contribution is -2.41. The Kier molecular flexibility index (Phi) is 5.95.